The van der Waals surface area contributed by atoms with E-state index in [9.17, 15) is 4.79 Å². The third-order valence-corrected chi connectivity index (χ3v) is 6.52. The van der Waals surface area contributed by atoms with Gasteiger partial charge in [0, 0.05) is 32.9 Å². The number of imidazole rings is 1. The van der Waals surface area contributed by atoms with Crippen molar-refractivity contribution < 1.29 is 0 Å². The van der Waals surface area contributed by atoms with Crippen LogP contribution in [0.3, 0.4) is 0 Å². The zero-order valence-corrected chi connectivity index (χ0v) is 18.2. The molecule has 0 spiro atoms. The molecule has 0 N–H and O–H groups in total. The van der Waals surface area contributed by atoms with Gasteiger partial charge in [0.15, 0.2) is 0 Å². The van der Waals surface area contributed by atoms with E-state index < -0.39 is 0 Å². The fraction of sp³-hybridized carbons (Fsp3) is 0. The number of rotatable bonds is 3. The average Bonchev–Trinajstić information content (AvgIpc) is 3.29. The maximum atomic E-state index is 13.7. The zero-order valence-electron chi connectivity index (χ0n) is 18.2. The first-order chi connectivity index (χ1) is 16.8. The van der Waals surface area contributed by atoms with Crippen molar-refractivity contribution in [3.8, 4) is 0 Å². The Morgan fingerprint density at radius 3 is 1.97 bits per heavy atom. The summed E-state index contributed by atoms with van der Waals surface area (Å²) in [5.41, 5.74) is 5.47. The number of pyridine rings is 1. The molecule has 2 heterocycles. The Morgan fingerprint density at radius 1 is 0.588 bits per heavy atom. The SMILES string of the molecule is O=c1c2cccc3c(N(c4ccccc4)c4ccccc4)ccc(c32)c2nc3ccccc3n12. The molecule has 0 saturated carbocycles. The molecule has 34 heavy (non-hydrogen) atoms. The van der Waals surface area contributed by atoms with E-state index >= 15 is 0 Å². The van der Waals surface area contributed by atoms with Crippen molar-refractivity contribution in [1.82, 2.24) is 9.38 Å². The molecule has 160 valence electrons. The number of para-hydroxylation sites is 4. The van der Waals surface area contributed by atoms with Crippen molar-refractivity contribution in [2.24, 2.45) is 0 Å². The highest BCUT2D eigenvalue weighted by Crippen LogP contribution is 2.41. The highest BCUT2D eigenvalue weighted by atomic mass is 16.1. The molecule has 2 aromatic heterocycles. The van der Waals surface area contributed by atoms with Gasteiger partial charge in [-0.05, 0) is 54.6 Å². The molecule has 4 nitrogen and oxygen atoms in total. The van der Waals surface area contributed by atoms with E-state index in [4.69, 9.17) is 4.98 Å². The Balaban J connectivity index is 1.62. The second-order valence-corrected chi connectivity index (χ2v) is 8.43. The number of fused-ring (bicyclic) bond motifs is 4. The molecule has 0 aliphatic heterocycles. The minimum atomic E-state index is -0.0371. The standard InChI is InChI=1S/C30H19N3O/c34-30-24-15-9-14-22-26(32(20-10-3-1-4-11-20)21-12-5-2-6-13-21)19-18-23(28(22)24)29-31-25-16-7-8-17-27(25)33(29)30/h1-19H. The Labute approximate surface area is 195 Å². The summed E-state index contributed by atoms with van der Waals surface area (Å²) in [4.78, 5) is 20.8. The first-order valence-electron chi connectivity index (χ1n) is 11.3. The Hall–Kier alpha value is -4.70. The summed E-state index contributed by atoms with van der Waals surface area (Å²) >= 11 is 0. The molecule has 0 radical (unpaired) electrons. The summed E-state index contributed by atoms with van der Waals surface area (Å²) in [5.74, 6) is 0. The number of anilines is 3. The molecule has 0 bridgehead atoms. The molecule has 0 amide bonds. The van der Waals surface area contributed by atoms with Crippen LogP contribution in [0.5, 0.6) is 0 Å². The maximum Gasteiger partial charge on any atom is 0.264 e. The average molecular weight is 438 g/mol. The van der Waals surface area contributed by atoms with Crippen LogP contribution in [0.25, 0.3) is 38.2 Å². The van der Waals surface area contributed by atoms with Crippen molar-refractivity contribution in [3.63, 3.8) is 0 Å². The summed E-state index contributed by atoms with van der Waals surface area (Å²) in [7, 11) is 0. The molecule has 5 aromatic carbocycles. The molecule has 0 unspecified atom stereocenters. The Kier molecular flexibility index (Phi) is 3.96. The van der Waals surface area contributed by atoms with Crippen LogP contribution in [0.1, 0.15) is 0 Å². The van der Waals surface area contributed by atoms with Gasteiger partial charge in [-0.15, -0.1) is 0 Å². The Bertz CT molecular complexity index is 1840. The van der Waals surface area contributed by atoms with Gasteiger partial charge >= 0.3 is 0 Å². The van der Waals surface area contributed by atoms with Gasteiger partial charge in [0.05, 0.1) is 16.7 Å². The summed E-state index contributed by atoms with van der Waals surface area (Å²) < 4.78 is 1.75. The smallest absolute Gasteiger partial charge is 0.264 e. The normalized spacial score (nSPS) is 11.6. The van der Waals surface area contributed by atoms with Crippen LogP contribution >= 0.6 is 0 Å². The minimum Gasteiger partial charge on any atom is -0.310 e. The number of benzene rings is 5. The van der Waals surface area contributed by atoms with E-state index in [2.05, 4.69) is 47.4 Å². The van der Waals surface area contributed by atoms with Crippen LogP contribution in [0.2, 0.25) is 0 Å². The molecule has 4 heteroatoms. The van der Waals surface area contributed by atoms with Gasteiger partial charge in [-0.25, -0.2) is 4.98 Å². The van der Waals surface area contributed by atoms with Gasteiger partial charge < -0.3 is 4.90 Å². The largest absolute Gasteiger partial charge is 0.310 e. The second kappa shape index (κ2) is 7.15. The molecule has 0 saturated heterocycles. The first-order valence-corrected chi connectivity index (χ1v) is 11.3. The summed E-state index contributed by atoms with van der Waals surface area (Å²) in [5, 5.41) is 3.65. The molecule has 0 aliphatic carbocycles. The van der Waals surface area contributed by atoms with Gasteiger partial charge in [-0.1, -0.05) is 60.7 Å². The van der Waals surface area contributed by atoms with Crippen LogP contribution in [-0.4, -0.2) is 9.38 Å². The minimum absolute atomic E-state index is 0.0371. The van der Waals surface area contributed by atoms with E-state index in [-0.39, 0.29) is 5.56 Å². The summed E-state index contributed by atoms with van der Waals surface area (Å²) in [6.07, 6.45) is 0. The number of hydrogen-bond donors (Lipinski definition) is 0. The molecular formula is C30H19N3O. The lowest BCUT2D eigenvalue weighted by Gasteiger charge is -2.27. The molecule has 0 fully saturated rings. The van der Waals surface area contributed by atoms with Crippen LogP contribution < -0.4 is 10.5 Å². The van der Waals surface area contributed by atoms with Crippen molar-refractivity contribution >= 4 is 55.3 Å². The van der Waals surface area contributed by atoms with Crippen LogP contribution in [0.15, 0.2) is 120 Å². The van der Waals surface area contributed by atoms with Crippen molar-refractivity contribution in [2.75, 3.05) is 4.90 Å². The van der Waals surface area contributed by atoms with E-state index in [0.717, 1.165) is 44.3 Å². The van der Waals surface area contributed by atoms with Crippen molar-refractivity contribution in [1.29, 1.82) is 0 Å². The van der Waals surface area contributed by atoms with Crippen LogP contribution in [-0.2, 0) is 0 Å². The van der Waals surface area contributed by atoms with Gasteiger partial charge in [0.2, 0.25) is 0 Å². The first kappa shape index (κ1) is 18.8. The van der Waals surface area contributed by atoms with Gasteiger partial charge in [-0.2, -0.15) is 0 Å². The maximum absolute atomic E-state index is 13.7. The highest BCUT2D eigenvalue weighted by Gasteiger charge is 2.20. The van der Waals surface area contributed by atoms with Crippen LogP contribution in [0, 0.1) is 0 Å². The van der Waals surface area contributed by atoms with Crippen molar-refractivity contribution in [2.45, 2.75) is 0 Å². The number of nitrogens with zero attached hydrogens (tertiary/aromatic N) is 3. The third kappa shape index (κ3) is 2.60. The Morgan fingerprint density at radius 2 is 1.24 bits per heavy atom. The lowest BCUT2D eigenvalue weighted by atomic mass is 9.99. The molecule has 7 rings (SSSR count). The van der Waals surface area contributed by atoms with E-state index in [0.29, 0.717) is 11.0 Å². The fourth-order valence-electron chi connectivity index (χ4n) is 5.06. The second-order valence-electron chi connectivity index (χ2n) is 8.43. The van der Waals surface area contributed by atoms with Gasteiger partial charge in [-0.3, -0.25) is 9.20 Å². The molecular weight excluding hydrogens is 418 g/mol. The number of hydrogen-bond acceptors (Lipinski definition) is 3. The quantitative estimate of drug-likeness (QED) is 0.297. The molecule has 7 aromatic rings. The van der Waals surface area contributed by atoms with E-state index in [1.165, 1.54) is 0 Å². The monoisotopic (exact) mass is 437 g/mol. The lowest BCUT2D eigenvalue weighted by molar-refractivity contribution is 1.19. The zero-order chi connectivity index (χ0) is 22.6. The van der Waals surface area contributed by atoms with E-state index in [1.807, 2.05) is 72.8 Å². The predicted octanol–water partition coefficient (Wildman–Crippen LogP) is 7.06. The number of aromatic nitrogens is 2. The van der Waals surface area contributed by atoms with E-state index in [1.54, 1.807) is 4.40 Å². The van der Waals surface area contributed by atoms with Gasteiger partial charge in [0.1, 0.15) is 5.65 Å². The molecule has 0 aliphatic rings. The lowest BCUT2D eigenvalue weighted by Crippen LogP contribution is -2.14. The topological polar surface area (TPSA) is 37.6 Å². The van der Waals surface area contributed by atoms with Crippen molar-refractivity contribution in [3.05, 3.63) is 126 Å². The summed E-state index contributed by atoms with van der Waals surface area (Å²) in [6, 6.07) is 38.7. The molecule has 0 atom stereocenters. The highest BCUT2D eigenvalue weighted by molar-refractivity contribution is 6.19. The van der Waals surface area contributed by atoms with Gasteiger partial charge in [0.25, 0.3) is 5.56 Å². The van der Waals surface area contributed by atoms with Crippen LogP contribution in [0.4, 0.5) is 17.1 Å². The fourth-order valence-corrected chi connectivity index (χ4v) is 5.06. The predicted molar refractivity (Wildman–Crippen MR) is 140 cm³/mol. The third-order valence-electron chi connectivity index (χ3n) is 6.52. The summed E-state index contributed by atoms with van der Waals surface area (Å²) in [6.45, 7) is 0.